The van der Waals surface area contributed by atoms with Gasteiger partial charge in [0.2, 0.25) is 5.91 Å². The lowest BCUT2D eigenvalue weighted by atomic mass is 9.99. The van der Waals surface area contributed by atoms with Crippen molar-refractivity contribution >= 4 is 23.6 Å². The van der Waals surface area contributed by atoms with Crippen molar-refractivity contribution < 1.29 is 9.53 Å². The van der Waals surface area contributed by atoms with Gasteiger partial charge in [-0.3, -0.25) is 4.79 Å². The van der Waals surface area contributed by atoms with Crippen LogP contribution in [0, 0.1) is 0 Å². The Morgan fingerprint density at radius 3 is 2.22 bits per heavy atom. The molecule has 0 aromatic heterocycles. The molecule has 4 nitrogen and oxygen atoms in total. The standard InChI is InChI=1S/C22H25ClN2O2/c23-21-7-5-20(6-8-21)19-3-1-17(2-4-19)15-18-9-11-25(12-10-18)13-14-27-16-22(24)26/h1-8,15H,9-14,16H2,(H2,24,26). The van der Waals surface area contributed by atoms with Gasteiger partial charge in [-0.15, -0.1) is 0 Å². The number of likely N-dealkylation sites (tertiary alicyclic amines) is 1. The van der Waals surface area contributed by atoms with Crippen LogP contribution in [-0.4, -0.2) is 43.7 Å². The summed E-state index contributed by atoms with van der Waals surface area (Å²) in [6, 6.07) is 16.6. The number of amides is 1. The highest BCUT2D eigenvalue weighted by atomic mass is 35.5. The van der Waals surface area contributed by atoms with Gasteiger partial charge in [-0.05, 0) is 41.7 Å². The molecule has 142 valence electrons. The van der Waals surface area contributed by atoms with E-state index in [1.54, 1.807) is 0 Å². The summed E-state index contributed by atoms with van der Waals surface area (Å²) < 4.78 is 5.24. The molecule has 0 atom stereocenters. The molecule has 27 heavy (non-hydrogen) atoms. The summed E-state index contributed by atoms with van der Waals surface area (Å²) >= 11 is 5.95. The maximum atomic E-state index is 10.7. The first kappa shape index (κ1) is 19.6. The number of carbonyl (C=O) groups is 1. The minimum Gasteiger partial charge on any atom is -0.370 e. The first-order chi connectivity index (χ1) is 13.1. The average molecular weight is 385 g/mol. The number of hydrogen-bond donors (Lipinski definition) is 1. The van der Waals surface area contributed by atoms with Crippen LogP contribution in [0.5, 0.6) is 0 Å². The summed E-state index contributed by atoms with van der Waals surface area (Å²) in [6.07, 6.45) is 4.43. The second-order valence-electron chi connectivity index (χ2n) is 6.79. The van der Waals surface area contributed by atoms with Crippen LogP contribution in [0.1, 0.15) is 18.4 Å². The van der Waals surface area contributed by atoms with Gasteiger partial charge in [0.1, 0.15) is 6.61 Å². The summed E-state index contributed by atoms with van der Waals surface area (Å²) in [5.74, 6) is -0.416. The van der Waals surface area contributed by atoms with Gasteiger partial charge in [0.25, 0.3) is 0 Å². The third-order valence-electron chi connectivity index (χ3n) is 4.75. The topological polar surface area (TPSA) is 55.6 Å². The molecule has 0 aliphatic carbocycles. The van der Waals surface area contributed by atoms with E-state index in [2.05, 4.69) is 35.2 Å². The van der Waals surface area contributed by atoms with Crippen LogP contribution in [0.3, 0.4) is 0 Å². The molecule has 0 bridgehead atoms. The van der Waals surface area contributed by atoms with Crippen LogP contribution >= 0.6 is 11.6 Å². The van der Waals surface area contributed by atoms with Crippen LogP contribution in [-0.2, 0) is 9.53 Å². The molecule has 0 radical (unpaired) electrons. The van der Waals surface area contributed by atoms with Crippen LogP contribution < -0.4 is 5.73 Å². The van der Waals surface area contributed by atoms with E-state index >= 15 is 0 Å². The van der Waals surface area contributed by atoms with Crippen molar-refractivity contribution in [2.75, 3.05) is 32.8 Å². The van der Waals surface area contributed by atoms with E-state index in [0.717, 1.165) is 37.5 Å². The highest BCUT2D eigenvalue weighted by Gasteiger charge is 2.13. The van der Waals surface area contributed by atoms with E-state index in [9.17, 15) is 4.79 Å². The van der Waals surface area contributed by atoms with E-state index in [1.807, 2.05) is 24.3 Å². The zero-order chi connectivity index (χ0) is 19.1. The zero-order valence-electron chi connectivity index (χ0n) is 15.4. The molecule has 1 amide bonds. The van der Waals surface area contributed by atoms with Crippen LogP contribution in [0.2, 0.25) is 5.02 Å². The Morgan fingerprint density at radius 1 is 1.04 bits per heavy atom. The number of halogens is 1. The van der Waals surface area contributed by atoms with Gasteiger partial charge in [-0.1, -0.05) is 59.6 Å². The van der Waals surface area contributed by atoms with Crippen LogP contribution in [0.15, 0.2) is 54.1 Å². The van der Waals surface area contributed by atoms with E-state index in [-0.39, 0.29) is 6.61 Å². The molecule has 3 rings (SSSR count). The third-order valence-corrected chi connectivity index (χ3v) is 5.01. The number of nitrogens with zero attached hydrogens (tertiary/aromatic N) is 1. The molecular weight excluding hydrogens is 360 g/mol. The number of nitrogens with two attached hydrogens (primary N) is 1. The predicted molar refractivity (Wildman–Crippen MR) is 111 cm³/mol. The lowest BCUT2D eigenvalue weighted by Gasteiger charge is -2.28. The maximum Gasteiger partial charge on any atom is 0.243 e. The molecule has 1 aliphatic heterocycles. The van der Waals surface area contributed by atoms with Gasteiger partial charge in [0.05, 0.1) is 6.61 Å². The quantitative estimate of drug-likeness (QED) is 0.734. The fourth-order valence-electron chi connectivity index (χ4n) is 3.22. The summed E-state index contributed by atoms with van der Waals surface area (Å²) in [5.41, 5.74) is 10.1. The lowest BCUT2D eigenvalue weighted by molar-refractivity contribution is -0.122. The van der Waals surface area contributed by atoms with Crippen molar-refractivity contribution in [2.45, 2.75) is 12.8 Å². The fourth-order valence-corrected chi connectivity index (χ4v) is 3.35. The molecule has 2 aromatic carbocycles. The molecule has 0 unspecified atom stereocenters. The van der Waals surface area contributed by atoms with Gasteiger partial charge in [0.15, 0.2) is 0 Å². The number of ether oxygens (including phenoxy) is 1. The maximum absolute atomic E-state index is 10.7. The fraction of sp³-hybridized carbons (Fsp3) is 0.318. The molecule has 5 heteroatoms. The van der Waals surface area contributed by atoms with E-state index in [0.29, 0.717) is 6.61 Å². The zero-order valence-corrected chi connectivity index (χ0v) is 16.1. The SMILES string of the molecule is NC(=O)COCCN1CCC(=Cc2ccc(-c3ccc(Cl)cc3)cc2)CC1. The number of piperidine rings is 1. The Kier molecular flexibility index (Phi) is 7.04. The van der Waals surface area contributed by atoms with E-state index in [4.69, 9.17) is 22.1 Å². The van der Waals surface area contributed by atoms with Gasteiger partial charge >= 0.3 is 0 Å². The molecule has 0 spiro atoms. The smallest absolute Gasteiger partial charge is 0.243 e. The van der Waals surface area contributed by atoms with Gasteiger partial charge in [-0.25, -0.2) is 0 Å². The van der Waals surface area contributed by atoms with Crippen molar-refractivity contribution in [3.05, 3.63) is 64.7 Å². The van der Waals surface area contributed by atoms with E-state index in [1.165, 1.54) is 22.3 Å². The van der Waals surface area contributed by atoms with Gasteiger partial charge in [0, 0.05) is 24.7 Å². The first-order valence-corrected chi connectivity index (χ1v) is 9.62. The Balaban J connectivity index is 1.49. The number of primary amides is 1. The second-order valence-corrected chi connectivity index (χ2v) is 7.23. The Bertz CT molecular complexity index is 775. The summed E-state index contributed by atoms with van der Waals surface area (Å²) in [5, 5.41) is 0.755. The lowest BCUT2D eigenvalue weighted by Crippen LogP contribution is -2.34. The largest absolute Gasteiger partial charge is 0.370 e. The minimum absolute atomic E-state index is 0.00497. The normalized spacial score (nSPS) is 14.9. The molecular formula is C22H25ClN2O2. The predicted octanol–water partition coefficient (Wildman–Crippen LogP) is 3.99. The highest BCUT2D eigenvalue weighted by Crippen LogP contribution is 2.24. The van der Waals surface area contributed by atoms with Crippen molar-refractivity contribution in [2.24, 2.45) is 5.73 Å². The molecule has 1 aliphatic rings. The molecule has 0 saturated carbocycles. The van der Waals surface area contributed by atoms with Crippen LogP contribution in [0.25, 0.3) is 17.2 Å². The third kappa shape index (κ3) is 6.21. The number of benzene rings is 2. The van der Waals surface area contributed by atoms with Crippen LogP contribution in [0.4, 0.5) is 0 Å². The Hall–Kier alpha value is -2.14. The highest BCUT2D eigenvalue weighted by molar-refractivity contribution is 6.30. The Labute approximate surface area is 165 Å². The first-order valence-electron chi connectivity index (χ1n) is 9.24. The van der Waals surface area contributed by atoms with Gasteiger partial charge in [-0.2, -0.15) is 0 Å². The summed E-state index contributed by atoms with van der Waals surface area (Å²) in [6.45, 7) is 3.44. The monoisotopic (exact) mass is 384 g/mol. The number of hydrogen-bond acceptors (Lipinski definition) is 3. The summed E-state index contributed by atoms with van der Waals surface area (Å²) in [7, 11) is 0. The molecule has 1 heterocycles. The van der Waals surface area contributed by atoms with Crippen molar-refractivity contribution in [1.29, 1.82) is 0 Å². The average Bonchev–Trinajstić information content (AvgIpc) is 2.68. The van der Waals surface area contributed by atoms with Crippen molar-refractivity contribution in [1.82, 2.24) is 4.90 Å². The summed E-state index contributed by atoms with van der Waals surface area (Å²) in [4.78, 5) is 13.0. The van der Waals surface area contributed by atoms with Crippen molar-refractivity contribution in [3.63, 3.8) is 0 Å². The molecule has 2 aromatic rings. The number of carbonyl (C=O) groups excluding carboxylic acids is 1. The van der Waals surface area contributed by atoms with Gasteiger partial charge < -0.3 is 15.4 Å². The second kappa shape index (κ2) is 9.70. The molecule has 1 fully saturated rings. The number of rotatable bonds is 7. The van der Waals surface area contributed by atoms with Crippen molar-refractivity contribution in [3.8, 4) is 11.1 Å². The Morgan fingerprint density at radius 2 is 1.63 bits per heavy atom. The minimum atomic E-state index is -0.416. The molecule has 2 N–H and O–H groups in total. The molecule has 1 saturated heterocycles. The van der Waals surface area contributed by atoms with E-state index < -0.39 is 5.91 Å².